The molecule has 2 heterocycles. The van der Waals surface area contributed by atoms with E-state index in [1.54, 1.807) is 11.8 Å². The number of carbonyl (C=O) groups excluding carboxylic acids is 1. The van der Waals surface area contributed by atoms with Gasteiger partial charge in [-0.05, 0) is 49.8 Å². The molecule has 0 saturated carbocycles. The summed E-state index contributed by atoms with van der Waals surface area (Å²) in [5.41, 5.74) is 8.35. The van der Waals surface area contributed by atoms with E-state index < -0.39 is 0 Å². The molecule has 1 aliphatic carbocycles. The molecule has 3 aromatic rings. The molecule has 2 aliphatic rings. The van der Waals surface area contributed by atoms with Gasteiger partial charge in [0.2, 0.25) is 5.91 Å². The van der Waals surface area contributed by atoms with Crippen molar-refractivity contribution in [3.63, 3.8) is 0 Å². The summed E-state index contributed by atoms with van der Waals surface area (Å²) in [6.45, 7) is 3.65. The highest BCUT2D eigenvalue weighted by Gasteiger charge is 2.41. The zero-order valence-corrected chi connectivity index (χ0v) is 17.0. The van der Waals surface area contributed by atoms with Gasteiger partial charge in [0.15, 0.2) is 0 Å². The molecule has 5 heteroatoms. The van der Waals surface area contributed by atoms with Crippen molar-refractivity contribution in [2.75, 3.05) is 17.3 Å². The lowest BCUT2D eigenvalue weighted by atomic mass is 9.82. The number of aryl methyl sites for hydroxylation is 2. The van der Waals surface area contributed by atoms with Gasteiger partial charge in [-0.15, -0.1) is 0 Å². The first-order valence-electron chi connectivity index (χ1n) is 9.97. The fourth-order valence-corrected chi connectivity index (χ4v) is 4.97. The van der Waals surface area contributed by atoms with Crippen molar-refractivity contribution in [2.45, 2.75) is 45.1 Å². The summed E-state index contributed by atoms with van der Waals surface area (Å²) in [7, 11) is 3.90. The molecule has 0 saturated heterocycles. The lowest BCUT2D eigenvalue weighted by Crippen LogP contribution is -2.43. The molecule has 5 rings (SSSR count). The number of anilines is 2. The van der Waals surface area contributed by atoms with Crippen molar-refractivity contribution in [2.24, 2.45) is 7.05 Å². The van der Waals surface area contributed by atoms with E-state index in [2.05, 4.69) is 40.2 Å². The SMILES string of the molecule is CC(=O)N(C)c1cc2c(nc(C)n2C)c2c1CCC1(Cc3ccccc3C1)N2. The first-order chi connectivity index (χ1) is 13.4. The number of carbonyl (C=O) groups is 1. The number of fused-ring (bicyclic) bond motifs is 4. The Labute approximate surface area is 165 Å². The fourth-order valence-electron chi connectivity index (χ4n) is 4.97. The number of nitrogens with one attached hydrogen (secondary N) is 1. The Morgan fingerprint density at radius 2 is 1.93 bits per heavy atom. The van der Waals surface area contributed by atoms with Crippen molar-refractivity contribution in [3.05, 3.63) is 52.8 Å². The average molecular weight is 374 g/mol. The van der Waals surface area contributed by atoms with E-state index in [1.807, 2.05) is 21.0 Å². The first-order valence-corrected chi connectivity index (χ1v) is 9.97. The zero-order valence-electron chi connectivity index (χ0n) is 17.0. The van der Waals surface area contributed by atoms with Crippen LogP contribution in [0.25, 0.3) is 11.0 Å². The van der Waals surface area contributed by atoms with Crippen molar-refractivity contribution < 1.29 is 4.79 Å². The van der Waals surface area contributed by atoms with Crippen LogP contribution in [0.4, 0.5) is 11.4 Å². The van der Waals surface area contributed by atoms with E-state index in [9.17, 15) is 4.79 Å². The summed E-state index contributed by atoms with van der Waals surface area (Å²) < 4.78 is 2.11. The summed E-state index contributed by atoms with van der Waals surface area (Å²) in [4.78, 5) is 18.8. The minimum atomic E-state index is 0.0441. The first kappa shape index (κ1) is 17.3. The van der Waals surface area contributed by atoms with Crippen LogP contribution in [0.1, 0.15) is 35.9 Å². The molecule has 144 valence electrons. The van der Waals surface area contributed by atoms with Crippen LogP contribution in [0.15, 0.2) is 30.3 Å². The van der Waals surface area contributed by atoms with Gasteiger partial charge >= 0.3 is 0 Å². The van der Waals surface area contributed by atoms with E-state index >= 15 is 0 Å². The van der Waals surface area contributed by atoms with E-state index in [0.29, 0.717) is 0 Å². The van der Waals surface area contributed by atoms with Crippen LogP contribution in [-0.2, 0) is 31.1 Å². The van der Waals surface area contributed by atoms with E-state index in [1.165, 1.54) is 16.7 Å². The highest BCUT2D eigenvalue weighted by atomic mass is 16.2. The summed E-state index contributed by atoms with van der Waals surface area (Å²) in [6.07, 6.45) is 4.10. The number of imidazole rings is 1. The molecule has 0 bridgehead atoms. The van der Waals surface area contributed by atoms with Gasteiger partial charge in [0.25, 0.3) is 0 Å². The van der Waals surface area contributed by atoms with Crippen LogP contribution in [0.3, 0.4) is 0 Å². The number of rotatable bonds is 1. The maximum Gasteiger partial charge on any atom is 0.223 e. The Morgan fingerprint density at radius 3 is 2.57 bits per heavy atom. The fraction of sp³-hybridized carbons (Fsp3) is 0.391. The average Bonchev–Trinajstić information content (AvgIpc) is 3.17. The normalized spacial score (nSPS) is 16.7. The Kier molecular flexibility index (Phi) is 3.60. The predicted octanol–water partition coefficient (Wildman–Crippen LogP) is 3.76. The van der Waals surface area contributed by atoms with Gasteiger partial charge in [0.1, 0.15) is 11.3 Å². The Bertz CT molecular complexity index is 1100. The molecule has 2 aromatic carbocycles. The smallest absolute Gasteiger partial charge is 0.223 e. The lowest BCUT2D eigenvalue weighted by molar-refractivity contribution is -0.116. The van der Waals surface area contributed by atoms with E-state index in [-0.39, 0.29) is 11.4 Å². The second-order valence-corrected chi connectivity index (χ2v) is 8.44. The molecule has 1 N–H and O–H groups in total. The topological polar surface area (TPSA) is 50.2 Å². The third-order valence-electron chi connectivity index (χ3n) is 6.74. The zero-order chi connectivity index (χ0) is 19.6. The molecule has 1 aliphatic heterocycles. The molecule has 0 unspecified atom stereocenters. The molecular weight excluding hydrogens is 348 g/mol. The Morgan fingerprint density at radius 1 is 1.25 bits per heavy atom. The predicted molar refractivity (Wildman–Crippen MR) is 113 cm³/mol. The quantitative estimate of drug-likeness (QED) is 0.706. The number of hydrogen-bond acceptors (Lipinski definition) is 3. The van der Waals surface area contributed by atoms with Crippen molar-refractivity contribution in [3.8, 4) is 0 Å². The van der Waals surface area contributed by atoms with Gasteiger partial charge in [0, 0.05) is 32.1 Å². The molecule has 28 heavy (non-hydrogen) atoms. The summed E-state index contributed by atoms with van der Waals surface area (Å²) in [5.74, 6) is 1.03. The van der Waals surface area contributed by atoms with Gasteiger partial charge in [-0.25, -0.2) is 4.98 Å². The molecule has 1 aromatic heterocycles. The summed E-state index contributed by atoms with van der Waals surface area (Å²) in [6, 6.07) is 10.9. The summed E-state index contributed by atoms with van der Waals surface area (Å²) >= 11 is 0. The van der Waals surface area contributed by atoms with Gasteiger partial charge in [0.05, 0.1) is 16.9 Å². The minimum absolute atomic E-state index is 0.0441. The van der Waals surface area contributed by atoms with Crippen molar-refractivity contribution in [1.82, 2.24) is 9.55 Å². The van der Waals surface area contributed by atoms with Crippen LogP contribution in [0.2, 0.25) is 0 Å². The largest absolute Gasteiger partial charge is 0.377 e. The maximum atomic E-state index is 12.1. The van der Waals surface area contributed by atoms with Crippen LogP contribution in [-0.4, -0.2) is 28.0 Å². The minimum Gasteiger partial charge on any atom is -0.377 e. The van der Waals surface area contributed by atoms with Gasteiger partial charge < -0.3 is 14.8 Å². The number of amides is 1. The summed E-state index contributed by atoms with van der Waals surface area (Å²) in [5, 5.41) is 3.92. The second kappa shape index (κ2) is 5.84. The molecule has 0 radical (unpaired) electrons. The Hall–Kier alpha value is -2.82. The molecule has 1 spiro atoms. The third kappa shape index (κ3) is 2.38. The van der Waals surface area contributed by atoms with Gasteiger partial charge in [-0.1, -0.05) is 24.3 Å². The van der Waals surface area contributed by atoms with Gasteiger partial charge in [-0.3, -0.25) is 4.79 Å². The van der Waals surface area contributed by atoms with Crippen molar-refractivity contribution in [1.29, 1.82) is 0 Å². The molecule has 5 nitrogen and oxygen atoms in total. The number of nitrogens with zero attached hydrogens (tertiary/aromatic N) is 3. The lowest BCUT2D eigenvalue weighted by Gasteiger charge is -2.38. The number of aromatic nitrogens is 2. The van der Waals surface area contributed by atoms with Crippen LogP contribution >= 0.6 is 0 Å². The molecule has 1 amide bonds. The Balaban J connectivity index is 1.68. The van der Waals surface area contributed by atoms with Crippen LogP contribution in [0, 0.1) is 6.92 Å². The van der Waals surface area contributed by atoms with Gasteiger partial charge in [-0.2, -0.15) is 0 Å². The van der Waals surface area contributed by atoms with Crippen molar-refractivity contribution >= 4 is 28.3 Å². The van der Waals surface area contributed by atoms with E-state index in [0.717, 1.165) is 53.9 Å². The number of benzene rings is 2. The highest BCUT2D eigenvalue weighted by Crippen LogP contribution is 2.46. The standard InChI is InChI=1S/C23H26N4O/c1-14-24-22-20(26(14)3)11-19(27(4)15(2)28)18-9-10-23(25-21(18)22)12-16-7-5-6-8-17(16)13-23/h5-8,11,25H,9-10,12-13H2,1-4H3. The van der Waals surface area contributed by atoms with Crippen LogP contribution < -0.4 is 10.2 Å². The third-order valence-corrected chi connectivity index (χ3v) is 6.74. The molecule has 0 fully saturated rings. The molecule has 0 atom stereocenters. The monoisotopic (exact) mass is 374 g/mol. The van der Waals surface area contributed by atoms with E-state index in [4.69, 9.17) is 4.98 Å². The second-order valence-electron chi connectivity index (χ2n) is 8.44. The highest BCUT2D eigenvalue weighted by molar-refractivity contribution is 6.01. The van der Waals surface area contributed by atoms with Crippen LogP contribution in [0.5, 0.6) is 0 Å². The maximum absolute atomic E-state index is 12.1. The number of hydrogen-bond donors (Lipinski definition) is 1. The molecular formula is C23H26N4O.